The predicted octanol–water partition coefficient (Wildman–Crippen LogP) is 6.70. The molecule has 0 radical (unpaired) electrons. The number of thioether (sulfide) groups is 1. The molecule has 0 spiro atoms. The molecule has 0 saturated heterocycles. The van der Waals surface area contributed by atoms with Gasteiger partial charge in [0.15, 0.2) is 5.12 Å². The van der Waals surface area contributed by atoms with Crippen molar-refractivity contribution < 1.29 is 9.59 Å². The number of rotatable bonds is 7. The number of amides is 1. The molecule has 0 N–H and O–H groups in total. The number of carbonyl (C=O) groups excluding carboxylic acids is 2. The lowest BCUT2D eigenvalue weighted by atomic mass is 9.87. The molecule has 3 nitrogen and oxygen atoms in total. The van der Waals surface area contributed by atoms with Crippen molar-refractivity contribution in [1.82, 2.24) is 0 Å². The first kappa shape index (κ1) is 23.0. The van der Waals surface area contributed by atoms with Crippen LogP contribution in [0.5, 0.6) is 0 Å². The lowest BCUT2D eigenvalue weighted by Gasteiger charge is -2.33. The summed E-state index contributed by atoms with van der Waals surface area (Å²) in [5.41, 5.74) is 0.498. The van der Waals surface area contributed by atoms with Crippen molar-refractivity contribution in [3.05, 3.63) is 24.3 Å². The van der Waals surface area contributed by atoms with Crippen LogP contribution in [0.15, 0.2) is 29.2 Å². The van der Waals surface area contributed by atoms with E-state index in [1.165, 1.54) is 18.2 Å². The van der Waals surface area contributed by atoms with Crippen molar-refractivity contribution in [3.63, 3.8) is 0 Å². The molecular weight excluding hydrogens is 366 g/mol. The smallest absolute Gasteiger partial charge is 0.230 e. The molecule has 28 heavy (non-hydrogen) atoms. The average molecular weight is 404 g/mol. The van der Waals surface area contributed by atoms with Gasteiger partial charge in [-0.2, -0.15) is 0 Å². The quantitative estimate of drug-likeness (QED) is 0.475. The second-order valence-electron chi connectivity index (χ2n) is 9.07. The number of carbonyl (C=O) groups is 2. The summed E-state index contributed by atoms with van der Waals surface area (Å²) in [4.78, 5) is 29.1. The number of hydrogen-bond donors (Lipinski definition) is 0. The Morgan fingerprint density at radius 1 is 1.07 bits per heavy atom. The van der Waals surface area contributed by atoms with E-state index in [2.05, 4.69) is 13.8 Å². The van der Waals surface area contributed by atoms with Gasteiger partial charge < -0.3 is 4.90 Å². The van der Waals surface area contributed by atoms with Crippen LogP contribution in [0.2, 0.25) is 0 Å². The summed E-state index contributed by atoms with van der Waals surface area (Å²) < 4.78 is 0. The van der Waals surface area contributed by atoms with E-state index in [4.69, 9.17) is 0 Å². The Kier molecular flexibility index (Phi) is 8.60. The summed E-state index contributed by atoms with van der Waals surface area (Å²) in [5.74, 6) is 0.853. The highest BCUT2D eigenvalue weighted by molar-refractivity contribution is 8.13. The van der Waals surface area contributed by atoms with Crippen molar-refractivity contribution in [2.45, 2.75) is 84.5 Å². The van der Waals surface area contributed by atoms with Gasteiger partial charge in [0.25, 0.3) is 0 Å². The van der Waals surface area contributed by atoms with Crippen molar-refractivity contribution in [2.24, 2.45) is 17.3 Å². The molecular formula is C24H37NO2S. The molecule has 1 fully saturated rings. The Labute approximate surface area is 175 Å². The lowest BCUT2D eigenvalue weighted by Crippen LogP contribution is -2.40. The van der Waals surface area contributed by atoms with E-state index in [-0.39, 0.29) is 16.9 Å². The zero-order chi connectivity index (χ0) is 20.7. The van der Waals surface area contributed by atoms with Crippen LogP contribution >= 0.6 is 11.8 Å². The topological polar surface area (TPSA) is 37.4 Å². The van der Waals surface area contributed by atoms with Crippen molar-refractivity contribution >= 4 is 28.5 Å². The van der Waals surface area contributed by atoms with E-state index in [0.717, 1.165) is 55.7 Å². The minimum atomic E-state index is -0.411. The maximum absolute atomic E-state index is 13.5. The molecule has 2 rings (SSSR count). The Morgan fingerprint density at radius 3 is 2.25 bits per heavy atom. The van der Waals surface area contributed by atoms with Crippen molar-refractivity contribution in [2.75, 3.05) is 11.4 Å². The third-order valence-corrected chi connectivity index (χ3v) is 7.15. The van der Waals surface area contributed by atoms with Crippen LogP contribution in [-0.4, -0.2) is 17.6 Å². The predicted molar refractivity (Wildman–Crippen MR) is 120 cm³/mol. The molecule has 1 aliphatic carbocycles. The molecule has 0 unspecified atom stereocenters. The Morgan fingerprint density at radius 2 is 1.68 bits per heavy atom. The minimum Gasteiger partial charge on any atom is -0.311 e. The highest BCUT2D eigenvalue weighted by Gasteiger charge is 2.30. The van der Waals surface area contributed by atoms with Crippen molar-refractivity contribution in [3.8, 4) is 0 Å². The van der Waals surface area contributed by atoms with Crippen molar-refractivity contribution in [1.29, 1.82) is 0 Å². The van der Waals surface area contributed by atoms with E-state index in [1.807, 2.05) is 49.9 Å². The summed E-state index contributed by atoms with van der Waals surface area (Å²) in [6, 6.07) is 7.94. The molecule has 0 heterocycles. The third-order valence-electron chi connectivity index (χ3n) is 5.79. The second kappa shape index (κ2) is 10.5. The van der Waals surface area contributed by atoms with E-state index in [9.17, 15) is 9.59 Å². The number of nitrogens with zero attached hydrogens (tertiary/aromatic N) is 1. The fourth-order valence-electron chi connectivity index (χ4n) is 3.70. The van der Waals surface area contributed by atoms with Gasteiger partial charge >= 0.3 is 0 Å². The van der Waals surface area contributed by atoms with Gasteiger partial charge in [0.1, 0.15) is 0 Å². The largest absolute Gasteiger partial charge is 0.311 e. The molecule has 0 bridgehead atoms. The third kappa shape index (κ3) is 6.10. The average Bonchev–Trinajstić information content (AvgIpc) is 2.69. The summed E-state index contributed by atoms with van der Waals surface area (Å²) in [6.07, 6.45) is 7.64. The Bertz CT molecular complexity index is 655. The Hall–Kier alpha value is -1.29. The summed E-state index contributed by atoms with van der Waals surface area (Å²) in [6.45, 7) is 11.0. The molecule has 0 aliphatic heterocycles. The zero-order valence-corrected chi connectivity index (χ0v) is 19.1. The molecule has 1 aromatic carbocycles. The standard InChI is InChI=1S/C24H37NO2S/c1-6-18(7-2)17-25(22(26)19-13-9-8-10-14-19)20-15-11-12-16-21(20)28-23(27)24(3,4)5/h11-12,15-16,18-19H,6-10,13-14,17H2,1-5H3. The summed E-state index contributed by atoms with van der Waals surface area (Å²) in [5, 5.41) is 0.132. The molecule has 1 amide bonds. The van der Waals surface area contributed by atoms with Crippen LogP contribution < -0.4 is 4.90 Å². The van der Waals surface area contributed by atoms with Gasteiger partial charge in [0, 0.05) is 22.8 Å². The van der Waals surface area contributed by atoms with Crippen LogP contribution in [0, 0.1) is 17.3 Å². The number of benzene rings is 1. The first-order chi connectivity index (χ1) is 13.3. The van der Waals surface area contributed by atoms with Gasteiger partial charge in [0.2, 0.25) is 5.91 Å². The summed E-state index contributed by atoms with van der Waals surface area (Å²) in [7, 11) is 0. The zero-order valence-electron chi connectivity index (χ0n) is 18.3. The SMILES string of the molecule is CCC(CC)CN(C(=O)C1CCCCC1)c1ccccc1SC(=O)C(C)(C)C. The highest BCUT2D eigenvalue weighted by atomic mass is 32.2. The van der Waals surface area contributed by atoms with E-state index < -0.39 is 5.41 Å². The van der Waals surface area contributed by atoms with E-state index in [0.29, 0.717) is 5.92 Å². The van der Waals surface area contributed by atoms with Gasteiger partial charge in [-0.15, -0.1) is 0 Å². The fraction of sp³-hybridized carbons (Fsp3) is 0.667. The van der Waals surface area contributed by atoms with E-state index in [1.54, 1.807) is 0 Å². The Balaban J connectivity index is 2.36. The monoisotopic (exact) mass is 403 g/mol. The fourth-order valence-corrected chi connectivity index (χ4v) is 4.64. The van der Waals surface area contributed by atoms with E-state index >= 15 is 0 Å². The number of hydrogen-bond acceptors (Lipinski definition) is 3. The highest BCUT2D eigenvalue weighted by Crippen LogP contribution is 2.37. The first-order valence-corrected chi connectivity index (χ1v) is 11.7. The van der Waals surface area contributed by atoms with Crippen LogP contribution in [0.3, 0.4) is 0 Å². The number of para-hydroxylation sites is 1. The normalized spacial score (nSPS) is 15.6. The van der Waals surface area contributed by atoms with Crippen LogP contribution in [0.4, 0.5) is 5.69 Å². The van der Waals surface area contributed by atoms with Gasteiger partial charge in [-0.25, -0.2) is 0 Å². The van der Waals surface area contributed by atoms with Crippen LogP contribution in [0.25, 0.3) is 0 Å². The molecule has 1 aliphatic rings. The molecule has 1 aromatic rings. The second-order valence-corrected chi connectivity index (χ2v) is 10.1. The summed E-state index contributed by atoms with van der Waals surface area (Å²) >= 11 is 1.28. The van der Waals surface area contributed by atoms with Crippen LogP contribution in [0.1, 0.15) is 79.6 Å². The maximum Gasteiger partial charge on any atom is 0.230 e. The number of anilines is 1. The van der Waals surface area contributed by atoms with Gasteiger partial charge in [-0.05, 0) is 42.7 Å². The maximum atomic E-state index is 13.5. The van der Waals surface area contributed by atoms with Gasteiger partial charge in [-0.1, -0.05) is 78.9 Å². The van der Waals surface area contributed by atoms with Gasteiger partial charge in [-0.3, -0.25) is 9.59 Å². The van der Waals surface area contributed by atoms with Gasteiger partial charge in [0.05, 0.1) is 5.69 Å². The van der Waals surface area contributed by atoms with Crippen LogP contribution in [-0.2, 0) is 9.59 Å². The minimum absolute atomic E-state index is 0.125. The molecule has 1 saturated carbocycles. The first-order valence-electron chi connectivity index (χ1n) is 10.9. The molecule has 4 heteroatoms. The molecule has 156 valence electrons. The molecule has 0 atom stereocenters. The lowest BCUT2D eigenvalue weighted by molar-refractivity contribution is -0.123. The molecule has 0 aromatic heterocycles.